The van der Waals surface area contributed by atoms with Gasteiger partial charge in [-0.25, -0.2) is 13.6 Å². The van der Waals surface area contributed by atoms with Crippen molar-refractivity contribution in [1.82, 2.24) is 0 Å². The van der Waals surface area contributed by atoms with E-state index < -0.39 is 10.0 Å². The monoisotopic (exact) mass is 299 g/mol. The van der Waals surface area contributed by atoms with Gasteiger partial charge in [0, 0.05) is 12.1 Å². The van der Waals surface area contributed by atoms with E-state index in [2.05, 4.69) is 5.32 Å². The van der Waals surface area contributed by atoms with Gasteiger partial charge in [-0.15, -0.1) is 0 Å². The van der Waals surface area contributed by atoms with E-state index in [9.17, 15) is 13.2 Å². The minimum atomic E-state index is -3.80. The Morgan fingerprint density at radius 3 is 2.55 bits per heavy atom. The molecule has 7 heteroatoms. The number of anilines is 1. The Morgan fingerprint density at radius 1 is 1.40 bits per heavy atom. The molecule has 0 aliphatic heterocycles. The summed E-state index contributed by atoms with van der Waals surface area (Å²) in [6.07, 6.45) is 1.13. The molecule has 6 nitrogen and oxygen atoms in total. The van der Waals surface area contributed by atoms with Gasteiger partial charge in [-0.1, -0.05) is 19.4 Å². The fourth-order valence-electron chi connectivity index (χ4n) is 1.92. The van der Waals surface area contributed by atoms with Crippen LogP contribution in [-0.4, -0.2) is 20.9 Å². The van der Waals surface area contributed by atoms with Crippen molar-refractivity contribution in [2.75, 3.05) is 11.9 Å². The Hall–Kier alpha value is -1.44. The largest absolute Gasteiger partial charge is 0.330 e. The van der Waals surface area contributed by atoms with Crippen molar-refractivity contribution in [3.8, 4) is 0 Å². The number of amides is 1. The zero-order chi connectivity index (χ0) is 15.3. The topological polar surface area (TPSA) is 115 Å². The Bertz CT molecular complexity index is 581. The van der Waals surface area contributed by atoms with E-state index in [1.807, 2.05) is 6.92 Å². The lowest BCUT2D eigenvalue weighted by molar-refractivity contribution is -0.117. The molecule has 1 aromatic carbocycles. The highest BCUT2D eigenvalue weighted by Crippen LogP contribution is 2.22. The Balaban J connectivity index is 2.92. The van der Waals surface area contributed by atoms with Crippen molar-refractivity contribution in [2.45, 2.75) is 31.6 Å². The number of benzene rings is 1. The lowest BCUT2D eigenvalue weighted by atomic mass is 10.0. The average molecular weight is 299 g/mol. The van der Waals surface area contributed by atoms with Crippen molar-refractivity contribution in [3.05, 3.63) is 23.8 Å². The van der Waals surface area contributed by atoms with Crippen LogP contribution < -0.4 is 16.2 Å². The molecular formula is C13H21N3O3S. The molecule has 5 N–H and O–H groups in total. The molecule has 0 spiro atoms. The van der Waals surface area contributed by atoms with E-state index in [4.69, 9.17) is 10.9 Å². The minimum absolute atomic E-state index is 0.0150. The number of nitrogens with two attached hydrogens (primary N) is 2. The number of hydrogen-bond acceptors (Lipinski definition) is 4. The average Bonchev–Trinajstić information content (AvgIpc) is 2.37. The van der Waals surface area contributed by atoms with Crippen LogP contribution in [0.15, 0.2) is 23.1 Å². The maximum atomic E-state index is 11.9. The number of nitrogens with one attached hydrogen (secondary N) is 1. The molecule has 0 saturated heterocycles. The molecular weight excluding hydrogens is 278 g/mol. The van der Waals surface area contributed by atoms with E-state index in [0.29, 0.717) is 24.2 Å². The highest BCUT2D eigenvalue weighted by Gasteiger charge is 2.16. The van der Waals surface area contributed by atoms with Crippen LogP contribution in [0, 0.1) is 12.8 Å². The number of carbonyl (C=O) groups excluding carboxylic acids is 1. The summed E-state index contributed by atoms with van der Waals surface area (Å²) < 4.78 is 22.8. The summed E-state index contributed by atoms with van der Waals surface area (Å²) in [7, 11) is -3.80. The summed E-state index contributed by atoms with van der Waals surface area (Å²) in [5.41, 5.74) is 6.45. The van der Waals surface area contributed by atoms with Gasteiger partial charge in [-0.2, -0.15) is 0 Å². The highest BCUT2D eigenvalue weighted by molar-refractivity contribution is 7.89. The van der Waals surface area contributed by atoms with Crippen molar-refractivity contribution in [1.29, 1.82) is 0 Å². The SMILES string of the molecule is CCC(CN)CC(=O)Nc1cccc(S(N)(=O)=O)c1C. The number of hydrogen-bond donors (Lipinski definition) is 3. The molecule has 1 aromatic rings. The molecule has 0 aliphatic carbocycles. The normalized spacial score (nSPS) is 13.0. The molecule has 0 fully saturated rings. The molecule has 0 saturated carbocycles. The molecule has 0 heterocycles. The predicted molar refractivity (Wildman–Crippen MR) is 78.6 cm³/mol. The first-order valence-electron chi connectivity index (χ1n) is 6.41. The maximum absolute atomic E-state index is 11.9. The van der Waals surface area contributed by atoms with Crippen molar-refractivity contribution in [3.63, 3.8) is 0 Å². The van der Waals surface area contributed by atoms with Gasteiger partial charge >= 0.3 is 0 Å². The van der Waals surface area contributed by atoms with E-state index >= 15 is 0 Å². The lowest BCUT2D eigenvalue weighted by Crippen LogP contribution is -2.22. The van der Waals surface area contributed by atoms with E-state index in [1.165, 1.54) is 6.07 Å². The Labute approximate surface area is 119 Å². The third-order valence-electron chi connectivity index (χ3n) is 3.25. The molecule has 1 amide bonds. The Kier molecular flexibility index (Phi) is 5.67. The molecule has 1 atom stereocenters. The summed E-state index contributed by atoms with van der Waals surface area (Å²) in [5, 5.41) is 7.83. The highest BCUT2D eigenvalue weighted by atomic mass is 32.2. The third-order valence-corrected chi connectivity index (χ3v) is 4.30. The van der Waals surface area contributed by atoms with Crippen molar-refractivity contribution >= 4 is 21.6 Å². The van der Waals surface area contributed by atoms with E-state index in [0.717, 1.165) is 6.42 Å². The summed E-state index contributed by atoms with van der Waals surface area (Å²) in [6.45, 7) is 4.02. The first-order chi connectivity index (χ1) is 9.29. The minimum Gasteiger partial charge on any atom is -0.330 e. The second kappa shape index (κ2) is 6.83. The van der Waals surface area contributed by atoms with Crippen LogP contribution in [0.4, 0.5) is 5.69 Å². The Morgan fingerprint density at radius 2 is 2.05 bits per heavy atom. The molecule has 1 unspecified atom stereocenters. The van der Waals surface area contributed by atoms with E-state index in [-0.39, 0.29) is 16.7 Å². The summed E-state index contributed by atoms with van der Waals surface area (Å²) >= 11 is 0. The van der Waals surface area contributed by atoms with Crippen LogP contribution in [0.2, 0.25) is 0 Å². The number of carbonyl (C=O) groups is 1. The van der Waals surface area contributed by atoms with Gasteiger partial charge in [-0.05, 0) is 37.1 Å². The molecule has 0 aromatic heterocycles. The number of primary sulfonamides is 1. The summed E-state index contributed by atoms with van der Waals surface area (Å²) in [6, 6.07) is 4.60. The summed E-state index contributed by atoms with van der Waals surface area (Å²) in [5.74, 6) is -0.0614. The van der Waals surface area contributed by atoms with E-state index in [1.54, 1.807) is 19.1 Å². The van der Waals surface area contributed by atoms with Crippen molar-refractivity contribution < 1.29 is 13.2 Å². The van der Waals surface area contributed by atoms with Gasteiger partial charge in [0.25, 0.3) is 0 Å². The molecule has 1 rings (SSSR count). The molecule has 0 bridgehead atoms. The second-order valence-corrected chi connectivity index (χ2v) is 6.27. The first-order valence-corrected chi connectivity index (χ1v) is 7.96. The third kappa shape index (κ3) is 4.29. The fourth-order valence-corrected chi connectivity index (χ4v) is 2.72. The van der Waals surface area contributed by atoms with Gasteiger partial charge in [-0.3, -0.25) is 4.79 Å². The maximum Gasteiger partial charge on any atom is 0.238 e. The lowest BCUT2D eigenvalue weighted by Gasteiger charge is -2.14. The molecule has 112 valence electrons. The smallest absolute Gasteiger partial charge is 0.238 e. The molecule has 0 radical (unpaired) electrons. The van der Waals surface area contributed by atoms with Gasteiger partial charge < -0.3 is 11.1 Å². The van der Waals surface area contributed by atoms with Crippen LogP contribution in [-0.2, 0) is 14.8 Å². The van der Waals surface area contributed by atoms with Crippen LogP contribution in [0.3, 0.4) is 0 Å². The van der Waals surface area contributed by atoms with Crippen molar-refractivity contribution in [2.24, 2.45) is 16.8 Å². The van der Waals surface area contributed by atoms with Gasteiger partial charge in [0.1, 0.15) is 0 Å². The number of rotatable bonds is 6. The molecule has 20 heavy (non-hydrogen) atoms. The second-order valence-electron chi connectivity index (χ2n) is 4.74. The quantitative estimate of drug-likeness (QED) is 0.725. The number of sulfonamides is 1. The van der Waals surface area contributed by atoms with Crippen LogP contribution in [0.5, 0.6) is 0 Å². The predicted octanol–water partition coefficient (Wildman–Crippen LogP) is 0.956. The summed E-state index contributed by atoms with van der Waals surface area (Å²) in [4.78, 5) is 11.9. The van der Waals surface area contributed by atoms with Gasteiger partial charge in [0.2, 0.25) is 15.9 Å². The fraction of sp³-hybridized carbons (Fsp3) is 0.462. The van der Waals surface area contributed by atoms with Gasteiger partial charge in [0.15, 0.2) is 0 Å². The van der Waals surface area contributed by atoms with Crippen LogP contribution in [0.1, 0.15) is 25.3 Å². The van der Waals surface area contributed by atoms with Crippen LogP contribution >= 0.6 is 0 Å². The van der Waals surface area contributed by atoms with Gasteiger partial charge in [0.05, 0.1) is 4.90 Å². The zero-order valence-corrected chi connectivity index (χ0v) is 12.5. The van der Waals surface area contributed by atoms with Crippen LogP contribution in [0.25, 0.3) is 0 Å². The standard InChI is InChI=1S/C13H21N3O3S/c1-3-10(8-14)7-13(17)16-11-5-4-6-12(9(11)2)20(15,18)19/h4-6,10H,3,7-8,14H2,1-2H3,(H,16,17)(H2,15,18,19). The first kappa shape index (κ1) is 16.6. The zero-order valence-electron chi connectivity index (χ0n) is 11.7. The molecule has 0 aliphatic rings.